The fourth-order valence-corrected chi connectivity index (χ4v) is 4.25. The number of ether oxygens (including phenoxy) is 1. The van der Waals surface area contributed by atoms with Gasteiger partial charge in [-0.1, -0.05) is 6.08 Å². The first kappa shape index (κ1) is 14.3. The zero-order valence-electron chi connectivity index (χ0n) is 12.3. The molecule has 0 saturated carbocycles. The smallest absolute Gasteiger partial charge is 0.0721 e. The van der Waals surface area contributed by atoms with Crippen molar-refractivity contribution in [1.82, 2.24) is 9.80 Å². The van der Waals surface area contributed by atoms with Gasteiger partial charge in [-0.25, -0.2) is 0 Å². The van der Waals surface area contributed by atoms with Gasteiger partial charge in [-0.3, -0.25) is 9.80 Å². The van der Waals surface area contributed by atoms with Crippen LogP contribution in [0.15, 0.2) is 24.8 Å². The van der Waals surface area contributed by atoms with E-state index >= 15 is 0 Å². The van der Waals surface area contributed by atoms with Crippen LogP contribution in [0.25, 0.3) is 0 Å². The third-order valence-corrected chi connectivity index (χ3v) is 5.27. The van der Waals surface area contributed by atoms with Crippen LogP contribution in [0.1, 0.15) is 16.2 Å². The number of hydrogen-bond donors (Lipinski definition) is 0. The maximum absolute atomic E-state index is 5.82. The third kappa shape index (κ3) is 3.31. The topological polar surface area (TPSA) is 15.7 Å². The molecule has 2 aliphatic heterocycles. The molecule has 2 atom stereocenters. The van der Waals surface area contributed by atoms with Gasteiger partial charge in [0.05, 0.1) is 12.7 Å². The number of aryl methyl sites for hydroxylation is 1. The molecule has 2 fully saturated rings. The second-order valence-electron chi connectivity index (χ2n) is 5.88. The van der Waals surface area contributed by atoms with Crippen LogP contribution < -0.4 is 0 Å². The van der Waals surface area contributed by atoms with E-state index in [0.29, 0.717) is 18.8 Å². The molecule has 2 saturated heterocycles. The highest BCUT2D eigenvalue weighted by molar-refractivity contribution is 7.11. The van der Waals surface area contributed by atoms with E-state index in [-0.39, 0.29) is 0 Å². The highest BCUT2D eigenvalue weighted by Crippen LogP contribution is 2.26. The van der Waals surface area contributed by atoms with Crippen LogP contribution in [0.5, 0.6) is 0 Å². The van der Waals surface area contributed by atoms with E-state index in [4.69, 9.17) is 4.74 Å². The van der Waals surface area contributed by atoms with Gasteiger partial charge in [-0.15, -0.1) is 17.9 Å². The molecule has 0 unspecified atom stereocenters. The van der Waals surface area contributed by atoms with Crippen molar-refractivity contribution in [3.8, 4) is 0 Å². The molecule has 0 N–H and O–H groups in total. The molecule has 0 aliphatic carbocycles. The Labute approximate surface area is 125 Å². The zero-order chi connectivity index (χ0) is 13.9. The summed E-state index contributed by atoms with van der Waals surface area (Å²) in [4.78, 5) is 8.11. The van der Waals surface area contributed by atoms with Crippen LogP contribution in [-0.4, -0.2) is 54.7 Å². The van der Waals surface area contributed by atoms with Gasteiger partial charge in [0.25, 0.3) is 0 Å². The predicted octanol–water partition coefficient (Wildman–Crippen LogP) is 2.52. The lowest BCUT2D eigenvalue weighted by Crippen LogP contribution is -2.49. The van der Waals surface area contributed by atoms with Gasteiger partial charge in [0.1, 0.15) is 0 Å². The van der Waals surface area contributed by atoms with Gasteiger partial charge in [-0.2, -0.15) is 0 Å². The van der Waals surface area contributed by atoms with Crippen molar-refractivity contribution >= 4 is 11.3 Å². The molecule has 0 radical (unpaired) electrons. The number of hydrogen-bond acceptors (Lipinski definition) is 4. The van der Waals surface area contributed by atoms with Crippen molar-refractivity contribution in [3.63, 3.8) is 0 Å². The van der Waals surface area contributed by atoms with Crippen LogP contribution in [-0.2, 0) is 11.3 Å². The molecule has 0 spiro atoms. The van der Waals surface area contributed by atoms with Crippen LogP contribution in [0.2, 0.25) is 0 Å². The molecule has 20 heavy (non-hydrogen) atoms. The largest absolute Gasteiger partial charge is 0.373 e. The van der Waals surface area contributed by atoms with E-state index in [1.54, 1.807) is 0 Å². The highest BCUT2D eigenvalue weighted by atomic mass is 32.1. The number of rotatable bonds is 5. The van der Waals surface area contributed by atoms with Gasteiger partial charge >= 0.3 is 0 Å². The van der Waals surface area contributed by atoms with Crippen LogP contribution in [0, 0.1) is 6.92 Å². The SMILES string of the molecule is C=CCO[C@@H]1C[C@H]2CN(Cc3ccc(C)s3)CCN2C1. The maximum atomic E-state index is 5.82. The Bertz CT molecular complexity index is 459. The summed E-state index contributed by atoms with van der Waals surface area (Å²) >= 11 is 1.93. The van der Waals surface area contributed by atoms with E-state index in [1.165, 1.54) is 35.8 Å². The first-order valence-electron chi connectivity index (χ1n) is 7.49. The Morgan fingerprint density at radius 2 is 2.30 bits per heavy atom. The lowest BCUT2D eigenvalue weighted by atomic mass is 10.1. The fraction of sp³-hybridized carbons (Fsp3) is 0.625. The Hall–Kier alpha value is -0.680. The quantitative estimate of drug-likeness (QED) is 0.776. The average molecular weight is 292 g/mol. The molecule has 110 valence electrons. The van der Waals surface area contributed by atoms with Crippen molar-refractivity contribution < 1.29 is 4.74 Å². The summed E-state index contributed by atoms with van der Waals surface area (Å²) in [6.45, 7) is 12.4. The van der Waals surface area contributed by atoms with E-state index in [0.717, 1.165) is 13.1 Å². The lowest BCUT2D eigenvalue weighted by Gasteiger charge is -2.37. The summed E-state index contributed by atoms with van der Waals surface area (Å²) in [5, 5.41) is 0. The molecule has 1 aromatic heterocycles. The Morgan fingerprint density at radius 1 is 1.40 bits per heavy atom. The van der Waals surface area contributed by atoms with Crippen molar-refractivity contribution in [2.75, 3.05) is 32.8 Å². The summed E-state index contributed by atoms with van der Waals surface area (Å²) < 4.78 is 5.82. The Kier molecular flexibility index (Phi) is 4.56. The molecule has 3 nitrogen and oxygen atoms in total. The maximum Gasteiger partial charge on any atom is 0.0721 e. The van der Waals surface area contributed by atoms with Crippen LogP contribution >= 0.6 is 11.3 Å². The number of piperazine rings is 1. The second-order valence-corrected chi connectivity index (χ2v) is 7.25. The molecular formula is C16H24N2OS. The molecule has 2 aliphatic rings. The molecule has 3 heterocycles. The van der Waals surface area contributed by atoms with E-state index < -0.39 is 0 Å². The molecule has 3 rings (SSSR count). The zero-order valence-corrected chi connectivity index (χ0v) is 13.1. The summed E-state index contributed by atoms with van der Waals surface area (Å²) in [7, 11) is 0. The van der Waals surface area contributed by atoms with E-state index in [1.807, 2.05) is 17.4 Å². The molecule has 0 bridgehead atoms. The first-order valence-corrected chi connectivity index (χ1v) is 8.30. The molecule has 1 aromatic rings. The minimum Gasteiger partial charge on any atom is -0.373 e. The third-order valence-electron chi connectivity index (χ3n) is 4.29. The number of fused-ring (bicyclic) bond motifs is 1. The van der Waals surface area contributed by atoms with Crippen molar-refractivity contribution in [2.45, 2.75) is 32.0 Å². The van der Waals surface area contributed by atoms with Gasteiger partial charge in [-0.05, 0) is 25.5 Å². The minimum absolute atomic E-state index is 0.405. The molecular weight excluding hydrogens is 268 g/mol. The van der Waals surface area contributed by atoms with Crippen LogP contribution in [0.3, 0.4) is 0 Å². The van der Waals surface area contributed by atoms with Crippen molar-refractivity contribution in [2.24, 2.45) is 0 Å². The fourth-order valence-electron chi connectivity index (χ4n) is 3.32. The predicted molar refractivity (Wildman–Crippen MR) is 84.2 cm³/mol. The van der Waals surface area contributed by atoms with Gasteiger partial charge in [0.2, 0.25) is 0 Å². The van der Waals surface area contributed by atoms with E-state index in [2.05, 4.69) is 35.4 Å². The summed E-state index contributed by atoms with van der Waals surface area (Å²) in [6, 6.07) is 5.18. The molecule has 0 amide bonds. The molecule has 4 heteroatoms. The van der Waals surface area contributed by atoms with Gasteiger partial charge in [0.15, 0.2) is 0 Å². The van der Waals surface area contributed by atoms with Gasteiger partial charge < -0.3 is 4.74 Å². The van der Waals surface area contributed by atoms with E-state index in [9.17, 15) is 0 Å². The van der Waals surface area contributed by atoms with Crippen LogP contribution in [0.4, 0.5) is 0 Å². The average Bonchev–Trinajstić information content (AvgIpc) is 3.02. The summed E-state index contributed by atoms with van der Waals surface area (Å²) in [5.41, 5.74) is 0. The second kappa shape index (κ2) is 6.39. The van der Waals surface area contributed by atoms with Crippen molar-refractivity contribution in [1.29, 1.82) is 0 Å². The first-order chi connectivity index (χ1) is 9.74. The normalized spacial score (nSPS) is 27.6. The number of thiophene rings is 1. The minimum atomic E-state index is 0.405. The Morgan fingerprint density at radius 3 is 3.05 bits per heavy atom. The monoisotopic (exact) mass is 292 g/mol. The summed E-state index contributed by atoms with van der Waals surface area (Å²) in [6.07, 6.45) is 3.43. The summed E-state index contributed by atoms with van der Waals surface area (Å²) in [5.74, 6) is 0. The van der Waals surface area contributed by atoms with Gasteiger partial charge in [0, 0.05) is 48.5 Å². The number of nitrogens with zero attached hydrogens (tertiary/aromatic N) is 2. The van der Waals surface area contributed by atoms with Crippen molar-refractivity contribution in [3.05, 3.63) is 34.5 Å². The Balaban J connectivity index is 1.52. The molecule has 0 aromatic carbocycles. The highest BCUT2D eigenvalue weighted by Gasteiger charge is 2.36. The standard InChI is InChI=1S/C16H24N2OS/c1-3-8-19-15-9-14-10-17(6-7-18(14)11-15)12-16-5-4-13(2)20-16/h3-5,14-15H,1,6-12H2,2H3/t14-,15+/m0/s1. The lowest BCUT2D eigenvalue weighted by molar-refractivity contribution is 0.0760.